The Morgan fingerprint density at radius 2 is 2.00 bits per heavy atom. The maximum atomic E-state index is 11.2. The molecular formula is C16H25NO3. The Bertz CT molecular complexity index is 389. The molecule has 0 spiro atoms. The Labute approximate surface area is 121 Å². The van der Waals surface area contributed by atoms with Gasteiger partial charge in [0.05, 0.1) is 0 Å². The molecule has 0 saturated carbocycles. The van der Waals surface area contributed by atoms with Crippen molar-refractivity contribution in [3.8, 4) is 0 Å². The maximum absolute atomic E-state index is 11.2. The fraction of sp³-hybridized carbons (Fsp3) is 0.562. The van der Waals surface area contributed by atoms with E-state index < -0.39 is 0 Å². The van der Waals surface area contributed by atoms with E-state index in [-0.39, 0.29) is 12.8 Å². The van der Waals surface area contributed by atoms with Crippen molar-refractivity contribution in [2.75, 3.05) is 25.8 Å². The van der Waals surface area contributed by atoms with Gasteiger partial charge >= 0.3 is 5.97 Å². The standard InChI is InChI=1S/C16H25NO3/c1-4-13(2)14-7-9-15(10-8-14)17-11-5-6-16(18)20-12-19-3/h7-10,13,17H,4-6,11-12H2,1-3H3. The molecule has 0 bridgehead atoms. The zero-order chi connectivity index (χ0) is 14.8. The van der Waals surface area contributed by atoms with Crippen LogP contribution in [0.5, 0.6) is 0 Å². The Kier molecular flexibility index (Phi) is 7.73. The summed E-state index contributed by atoms with van der Waals surface area (Å²) in [6, 6.07) is 8.49. The van der Waals surface area contributed by atoms with Gasteiger partial charge in [0.15, 0.2) is 6.79 Å². The summed E-state index contributed by atoms with van der Waals surface area (Å²) in [6.45, 7) is 5.21. The molecule has 0 radical (unpaired) electrons. The third-order valence-electron chi connectivity index (χ3n) is 3.32. The van der Waals surface area contributed by atoms with Gasteiger partial charge < -0.3 is 14.8 Å². The second kappa shape index (κ2) is 9.37. The van der Waals surface area contributed by atoms with Crippen LogP contribution in [0.15, 0.2) is 24.3 Å². The lowest BCUT2D eigenvalue weighted by Gasteiger charge is -2.11. The highest BCUT2D eigenvalue weighted by Gasteiger charge is 2.03. The van der Waals surface area contributed by atoms with Crippen molar-refractivity contribution in [2.45, 2.75) is 39.0 Å². The summed E-state index contributed by atoms with van der Waals surface area (Å²) in [5.74, 6) is 0.375. The fourth-order valence-corrected chi connectivity index (χ4v) is 1.83. The number of carbonyl (C=O) groups excluding carboxylic acids is 1. The van der Waals surface area contributed by atoms with Crippen LogP contribution < -0.4 is 5.32 Å². The Hall–Kier alpha value is -1.55. The van der Waals surface area contributed by atoms with Crippen LogP contribution in [0, 0.1) is 0 Å². The number of esters is 1. The van der Waals surface area contributed by atoms with Crippen LogP contribution in [0.4, 0.5) is 5.69 Å². The van der Waals surface area contributed by atoms with Crippen molar-refractivity contribution in [2.24, 2.45) is 0 Å². The molecular weight excluding hydrogens is 254 g/mol. The summed E-state index contributed by atoms with van der Waals surface area (Å²) in [6.07, 6.45) is 2.30. The molecule has 112 valence electrons. The third kappa shape index (κ3) is 6.06. The summed E-state index contributed by atoms with van der Waals surface area (Å²) >= 11 is 0. The lowest BCUT2D eigenvalue weighted by Crippen LogP contribution is -2.09. The molecule has 4 nitrogen and oxygen atoms in total. The molecule has 4 heteroatoms. The maximum Gasteiger partial charge on any atom is 0.307 e. The molecule has 0 aliphatic heterocycles. The van der Waals surface area contributed by atoms with E-state index in [1.807, 2.05) is 0 Å². The number of hydrogen-bond acceptors (Lipinski definition) is 4. The van der Waals surface area contributed by atoms with Crippen molar-refractivity contribution in [1.82, 2.24) is 0 Å². The van der Waals surface area contributed by atoms with Gasteiger partial charge in [-0.15, -0.1) is 0 Å². The molecule has 1 N–H and O–H groups in total. The Balaban J connectivity index is 2.23. The minimum Gasteiger partial charge on any atom is -0.438 e. The second-order valence-electron chi connectivity index (χ2n) is 4.88. The first kappa shape index (κ1) is 16.5. The smallest absolute Gasteiger partial charge is 0.307 e. The van der Waals surface area contributed by atoms with E-state index in [4.69, 9.17) is 4.74 Å². The molecule has 0 aromatic heterocycles. The zero-order valence-corrected chi connectivity index (χ0v) is 12.6. The number of ether oxygens (including phenoxy) is 2. The molecule has 0 aliphatic carbocycles. The molecule has 0 heterocycles. The van der Waals surface area contributed by atoms with E-state index in [0.717, 1.165) is 25.1 Å². The summed E-state index contributed by atoms with van der Waals surface area (Å²) in [5.41, 5.74) is 2.45. The van der Waals surface area contributed by atoms with Gasteiger partial charge in [-0.25, -0.2) is 0 Å². The molecule has 1 unspecified atom stereocenters. The first-order valence-corrected chi connectivity index (χ1v) is 7.15. The van der Waals surface area contributed by atoms with Gasteiger partial charge in [0.1, 0.15) is 0 Å². The Morgan fingerprint density at radius 3 is 2.60 bits per heavy atom. The van der Waals surface area contributed by atoms with Crippen LogP contribution in [0.25, 0.3) is 0 Å². The number of anilines is 1. The summed E-state index contributed by atoms with van der Waals surface area (Å²) in [5, 5.41) is 3.30. The predicted octanol–water partition coefficient (Wildman–Crippen LogP) is 3.54. The molecule has 1 aromatic rings. The van der Waals surface area contributed by atoms with Crippen LogP contribution >= 0.6 is 0 Å². The van der Waals surface area contributed by atoms with Crippen molar-refractivity contribution in [3.05, 3.63) is 29.8 Å². The van der Waals surface area contributed by atoms with Crippen molar-refractivity contribution in [1.29, 1.82) is 0 Å². The van der Waals surface area contributed by atoms with Gasteiger partial charge in [0.25, 0.3) is 0 Å². The van der Waals surface area contributed by atoms with E-state index in [1.165, 1.54) is 12.7 Å². The lowest BCUT2D eigenvalue weighted by molar-refractivity contribution is -0.154. The highest BCUT2D eigenvalue weighted by atomic mass is 16.7. The third-order valence-corrected chi connectivity index (χ3v) is 3.32. The molecule has 1 atom stereocenters. The summed E-state index contributed by atoms with van der Waals surface area (Å²) < 4.78 is 9.48. The average molecular weight is 279 g/mol. The van der Waals surface area contributed by atoms with E-state index >= 15 is 0 Å². The van der Waals surface area contributed by atoms with Crippen LogP contribution in [-0.4, -0.2) is 26.4 Å². The number of nitrogens with one attached hydrogen (secondary N) is 1. The van der Waals surface area contributed by atoms with Gasteiger partial charge in [-0.1, -0.05) is 26.0 Å². The van der Waals surface area contributed by atoms with Crippen LogP contribution in [-0.2, 0) is 14.3 Å². The zero-order valence-electron chi connectivity index (χ0n) is 12.6. The quantitative estimate of drug-likeness (QED) is 0.427. The number of rotatable bonds is 9. The molecule has 0 fully saturated rings. The topological polar surface area (TPSA) is 47.6 Å². The number of benzene rings is 1. The van der Waals surface area contributed by atoms with E-state index in [1.54, 1.807) is 0 Å². The predicted molar refractivity (Wildman–Crippen MR) is 80.8 cm³/mol. The monoisotopic (exact) mass is 279 g/mol. The normalized spacial score (nSPS) is 11.9. The van der Waals surface area contributed by atoms with Gasteiger partial charge in [0.2, 0.25) is 0 Å². The van der Waals surface area contributed by atoms with E-state index in [9.17, 15) is 4.79 Å². The van der Waals surface area contributed by atoms with E-state index in [0.29, 0.717) is 12.3 Å². The molecule has 0 saturated heterocycles. The molecule has 0 amide bonds. The largest absolute Gasteiger partial charge is 0.438 e. The minimum absolute atomic E-state index is 0.0311. The molecule has 20 heavy (non-hydrogen) atoms. The highest BCUT2D eigenvalue weighted by Crippen LogP contribution is 2.20. The van der Waals surface area contributed by atoms with Gasteiger partial charge in [0, 0.05) is 25.8 Å². The number of methoxy groups -OCH3 is 1. The van der Waals surface area contributed by atoms with Crippen LogP contribution in [0.2, 0.25) is 0 Å². The molecule has 1 rings (SSSR count). The summed E-state index contributed by atoms with van der Waals surface area (Å²) in [4.78, 5) is 11.2. The first-order chi connectivity index (χ1) is 9.67. The van der Waals surface area contributed by atoms with Gasteiger partial charge in [-0.2, -0.15) is 0 Å². The highest BCUT2D eigenvalue weighted by molar-refractivity contribution is 5.69. The molecule has 0 aliphatic rings. The average Bonchev–Trinajstić information content (AvgIpc) is 2.49. The fourth-order valence-electron chi connectivity index (χ4n) is 1.83. The number of hydrogen-bond donors (Lipinski definition) is 1. The number of carbonyl (C=O) groups is 1. The van der Waals surface area contributed by atoms with Gasteiger partial charge in [-0.05, 0) is 36.5 Å². The van der Waals surface area contributed by atoms with Crippen molar-refractivity contribution < 1.29 is 14.3 Å². The van der Waals surface area contributed by atoms with Crippen molar-refractivity contribution >= 4 is 11.7 Å². The van der Waals surface area contributed by atoms with Crippen molar-refractivity contribution in [3.63, 3.8) is 0 Å². The first-order valence-electron chi connectivity index (χ1n) is 7.15. The van der Waals surface area contributed by atoms with Gasteiger partial charge in [-0.3, -0.25) is 4.79 Å². The Morgan fingerprint density at radius 1 is 1.30 bits per heavy atom. The van der Waals surface area contributed by atoms with Crippen LogP contribution in [0.3, 0.4) is 0 Å². The second-order valence-corrected chi connectivity index (χ2v) is 4.88. The SMILES string of the molecule is CCC(C)c1ccc(NCCCC(=O)OCOC)cc1. The van der Waals surface area contributed by atoms with E-state index in [2.05, 4.69) is 48.2 Å². The lowest BCUT2D eigenvalue weighted by atomic mass is 9.99. The molecule has 1 aromatic carbocycles. The summed E-state index contributed by atoms with van der Waals surface area (Å²) in [7, 11) is 1.50. The van der Waals surface area contributed by atoms with Crippen LogP contribution in [0.1, 0.15) is 44.6 Å². The minimum atomic E-state index is -0.222.